The molecule has 154 valence electrons. The van der Waals surface area contributed by atoms with E-state index in [2.05, 4.69) is 6.58 Å². The molecule has 5 heteroatoms. The summed E-state index contributed by atoms with van der Waals surface area (Å²) in [6.07, 6.45) is 13.7. The van der Waals surface area contributed by atoms with E-state index in [4.69, 9.17) is 9.47 Å². The number of hydrogen-bond acceptors (Lipinski definition) is 5. The van der Waals surface area contributed by atoms with Crippen molar-refractivity contribution in [3.63, 3.8) is 0 Å². The molecule has 1 aliphatic heterocycles. The van der Waals surface area contributed by atoms with Crippen LogP contribution in [0.3, 0.4) is 0 Å². The molecule has 0 unspecified atom stereocenters. The molecule has 1 fully saturated rings. The van der Waals surface area contributed by atoms with E-state index in [0.717, 1.165) is 19.3 Å². The van der Waals surface area contributed by atoms with Crippen LogP contribution in [0.25, 0.3) is 0 Å². The molecule has 0 spiro atoms. The van der Waals surface area contributed by atoms with Crippen LogP contribution in [0.4, 0.5) is 0 Å². The minimum Gasteiger partial charge on any atom is -0.388 e. The summed E-state index contributed by atoms with van der Waals surface area (Å²) in [4.78, 5) is 0. The third kappa shape index (κ3) is 10.6. The maximum Gasteiger partial charge on any atom is 0.114 e. The van der Waals surface area contributed by atoms with Crippen molar-refractivity contribution >= 4 is 0 Å². The van der Waals surface area contributed by atoms with Gasteiger partial charge >= 0.3 is 0 Å². The number of allylic oxidation sites excluding steroid dienone is 1. The molecule has 26 heavy (non-hydrogen) atoms. The largest absolute Gasteiger partial charge is 0.388 e. The third-order valence-electron chi connectivity index (χ3n) is 5.06. The maximum atomic E-state index is 9.92. The predicted molar refractivity (Wildman–Crippen MR) is 104 cm³/mol. The van der Waals surface area contributed by atoms with E-state index in [0.29, 0.717) is 6.61 Å². The van der Waals surface area contributed by atoms with E-state index >= 15 is 0 Å². The van der Waals surface area contributed by atoms with Gasteiger partial charge in [0.15, 0.2) is 0 Å². The third-order valence-corrected chi connectivity index (χ3v) is 5.06. The monoisotopic (exact) mass is 372 g/mol. The SMILES string of the molecule is C=CCCCCCCCCCCCCCOC[C@H](O)[C@H]1OC[C@@H](O)[C@H]1O. The maximum absolute atomic E-state index is 9.92. The van der Waals surface area contributed by atoms with Crippen molar-refractivity contribution in [3.8, 4) is 0 Å². The molecule has 0 amide bonds. The molecule has 0 aromatic rings. The lowest BCUT2D eigenvalue weighted by molar-refractivity contribution is -0.0813. The minimum absolute atomic E-state index is 0.0677. The topological polar surface area (TPSA) is 79.2 Å². The van der Waals surface area contributed by atoms with Crippen LogP contribution in [-0.4, -0.2) is 59.6 Å². The van der Waals surface area contributed by atoms with Gasteiger partial charge in [-0.15, -0.1) is 6.58 Å². The Bertz CT molecular complexity index is 336. The summed E-state index contributed by atoms with van der Waals surface area (Å²) in [5, 5.41) is 29.0. The zero-order valence-corrected chi connectivity index (χ0v) is 16.4. The van der Waals surface area contributed by atoms with E-state index in [1.165, 1.54) is 57.8 Å². The summed E-state index contributed by atoms with van der Waals surface area (Å²) in [5.41, 5.74) is 0. The lowest BCUT2D eigenvalue weighted by Crippen LogP contribution is -2.40. The van der Waals surface area contributed by atoms with Crippen LogP contribution in [0.5, 0.6) is 0 Å². The molecule has 0 aromatic carbocycles. The molecular formula is C21H40O5. The van der Waals surface area contributed by atoms with Crippen molar-refractivity contribution < 1.29 is 24.8 Å². The van der Waals surface area contributed by atoms with Gasteiger partial charge in [-0.05, 0) is 19.3 Å². The highest BCUT2D eigenvalue weighted by atomic mass is 16.5. The first kappa shape index (κ1) is 23.6. The van der Waals surface area contributed by atoms with E-state index in [-0.39, 0.29) is 13.2 Å². The van der Waals surface area contributed by atoms with E-state index < -0.39 is 24.4 Å². The fourth-order valence-corrected chi connectivity index (χ4v) is 3.35. The molecule has 0 aromatic heterocycles. The van der Waals surface area contributed by atoms with Crippen molar-refractivity contribution in [1.82, 2.24) is 0 Å². The minimum atomic E-state index is -1.03. The Morgan fingerprint density at radius 1 is 0.923 bits per heavy atom. The van der Waals surface area contributed by atoms with E-state index in [9.17, 15) is 15.3 Å². The van der Waals surface area contributed by atoms with Gasteiger partial charge in [-0.1, -0.05) is 63.9 Å². The molecule has 0 bridgehead atoms. The molecule has 4 atom stereocenters. The lowest BCUT2D eigenvalue weighted by atomic mass is 10.1. The lowest BCUT2D eigenvalue weighted by Gasteiger charge is -2.20. The van der Waals surface area contributed by atoms with Gasteiger partial charge in [0.2, 0.25) is 0 Å². The highest BCUT2D eigenvalue weighted by Gasteiger charge is 2.39. The summed E-state index contributed by atoms with van der Waals surface area (Å²) >= 11 is 0. The molecule has 0 saturated carbocycles. The van der Waals surface area contributed by atoms with Crippen molar-refractivity contribution in [2.45, 2.75) is 101 Å². The Balaban J connectivity index is 1.79. The number of unbranched alkanes of at least 4 members (excludes halogenated alkanes) is 11. The summed E-state index contributed by atoms with van der Waals surface area (Å²) in [6, 6.07) is 0. The van der Waals surface area contributed by atoms with Crippen molar-refractivity contribution in [1.29, 1.82) is 0 Å². The normalized spacial score (nSPS) is 24.0. The summed E-state index contributed by atoms with van der Waals surface area (Å²) in [5.74, 6) is 0. The van der Waals surface area contributed by atoms with Crippen molar-refractivity contribution in [2.24, 2.45) is 0 Å². The Morgan fingerprint density at radius 3 is 1.96 bits per heavy atom. The molecule has 1 saturated heterocycles. The summed E-state index contributed by atoms with van der Waals surface area (Å²) in [7, 11) is 0. The van der Waals surface area contributed by atoms with E-state index in [1.807, 2.05) is 6.08 Å². The second kappa shape index (κ2) is 15.6. The average molecular weight is 373 g/mol. The number of ether oxygens (including phenoxy) is 2. The van der Waals surface area contributed by atoms with Crippen molar-refractivity contribution in [3.05, 3.63) is 12.7 Å². The highest BCUT2D eigenvalue weighted by molar-refractivity contribution is 4.87. The standard InChI is InChI=1S/C21H40O5/c1-2-3-4-5-6-7-8-9-10-11-12-13-14-15-25-16-19(23)21-20(24)18(22)17-26-21/h2,18-24H,1,3-17H2/t18-,19+,20-,21-/m1/s1. The molecule has 1 heterocycles. The predicted octanol–water partition coefficient (Wildman–Crippen LogP) is 3.35. The van der Waals surface area contributed by atoms with Gasteiger partial charge in [-0.2, -0.15) is 0 Å². The zero-order valence-electron chi connectivity index (χ0n) is 16.4. The van der Waals surface area contributed by atoms with Crippen LogP contribution in [0.15, 0.2) is 12.7 Å². The van der Waals surface area contributed by atoms with Gasteiger partial charge in [-0.3, -0.25) is 0 Å². The number of aliphatic hydroxyl groups is 3. The quantitative estimate of drug-likeness (QED) is 0.269. The van der Waals surface area contributed by atoms with Gasteiger partial charge in [-0.25, -0.2) is 0 Å². The molecule has 1 aliphatic rings. The number of rotatable bonds is 17. The van der Waals surface area contributed by atoms with Crippen LogP contribution in [-0.2, 0) is 9.47 Å². The Hall–Kier alpha value is -0.460. The highest BCUT2D eigenvalue weighted by Crippen LogP contribution is 2.18. The number of aliphatic hydroxyl groups excluding tert-OH is 3. The van der Waals surface area contributed by atoms with Gasteiger partial charge in [0.05, 0.1) is 13.2 Å². The van der Waals surface area contributed by atoms with Crippen LogP contribution in [0.2, 0.25) is 0 Å². The second-order valence-electron chi connectivity index (χ2n) is 7.46. The first-order chi connectivity index (χ1) is 12.7. The first-order valence-corrected chi connectivity index (χ1v) is 10.5. The smallest absolute Gasteiger partial charge is 0.114 e. The first-order valence-electron chi connectivity index (χ1n) is 10.5. The molecule has 0 radical (unpaired) electrons. The van der Waals surface area contributed by atoms with Gasteiger partial charge in [0.1, 0.15) is 24.4 Å². The van der Waals surface area contributed by atoms with Crippen LogP contribution >= 0.6 is 0 Å². The zero-order chi connectivity index (χ0) is 19.0. The fourth-order valence-electron chi connectivity index (χ4n) is 3.35. The molecule has 5 nitrogen and oxygen atoms in total. The Kier molecular flexibility index (Phi) is 14.1. The van der Waals surface area contributed by atoms with Crippen LogP contribution < -0.4 is 0 Å². The molecule has 3 N–H and O–H groups in total. The van der Waals surface area contributed by atoms with Gasteiger partial charge < -0.3 is 24.8 Å². The fraction of sp³-hybridized carbons (Fsp3) is 0.905. The van der Waals surface area contributed by atoms with Crippen LogP contribution in [0, 0.1) is 0 Å². The molecular weight excluding hydrogens is 332 g/mol. The Labute approximate surface area is 159 Å². The Morgan fingerprint density at radius 2 is 1.46 bits per heavy atom. The van der Waals surface area contributed by atoms with E-state index in [1.54, 1.807) is 0 Å². The van der Waals surface area contributed by atoms with Gasteiger partial charge in [0, 0.05) is 6.61 Å². The molecule has 1 rings (SSSR count). The molecule has 0 aliphatic carbocycles. The summed E-state index contributed by atoms with van der Waals surface area (Å²) in [6.45, 7) is 4.57. The second-order valence-corrected chi connectivity index (χ2v) is 7.46. The number of hydrogen-bond donors (Lipinski definition) is 3. The summed E-state index contributed by atoms with van der Waals surface area (Å²) < 4.78 is 10.6. The van der Waals surface area contributed by atoms with Gasteiger partial charge in [0.25, 0.3) is 0 Å². The van der Waals surface area contributed by atoms with Crippen LogP contribution in [0.1, 0.15) is 77.0 Å². The van der Waals surface area contributed by atoms with Crippen molar-refractivity contribution in [2.75, 3.05) is 19.8 Å². The average Bonchev–Trinajstić information content (AvgIpc) is 2.97.